The number of benzene rings is 1. The third-order valence-corrected chi connectivity index (χ3v) is 5.83. The number of nitriles is 1. The van der Waals surface area contributed by atoms with Gasteiger partial charge in [0.2, 0.25) is 0 Å². The van der Waals surface area contributed by atoms with Crippen molar-refractivity contribution in [2.24, 2.45) is 11.3 Å². The van der Waals surface area contributed by atoms with E-state index in [0.717, 1.165) is 43.7 Å². The van der Waals surface area contributed by atoms with E-state index >= 15 is 0 Å². The van der Waals surface area contributed by atoms with Gasteiger partial charge in [0, 0.05) is 24.7 Å². The number of likely N-dealkylation sites (tertiary alicyclic amines) is 1. The van der Waals surface area contributed by atoms with Crippen LogP contribution in [-0.4, -0.2) is 23.0 Å². The third-order valence-electron chi connectivity index (χ3n) is 5.83. The number of hydrogen-bond acceptors (Lipinski definition) is 3. The first-order valence-corrected chi connectivity index (χ1v) is 9.23. The molecular formula is C22H27N3. The Labute approximate surface area is 151 Å². The third kappa shape index (κ3) is 4.08. The highest BCUT2D eigenvalue weighted by Gasteiger charge is 2.37. The molecule has 0 aliphatic carbocycles. The van der Waals surface area contributed by atoms with Crippen LogP contribution in [0.5, 0.6) is 0 Å². The van der Waals surface area contributed by atoms with Gasteiger partial charge in [0.05, 0.1) is 11.8 Å². The van der Waals surface area contributed by atoms with Crippen LogP contribution in [0.3, 0.4) is 0 Å². The summed E-state index contributed by atoms with van der Waals surface area (Å²) in [6.07, 6.45) is 4.78. The predicted octanol–water partition coefficient (Wildman–Crippen LogP) is 4.90. The van der Waals surface area contributed by atoms with E-state index in [4.69, 9.17) is 0 Å². The van der Waals surface area contributed by atoms with Crippen molar-refractivity contribution >= 4 is 0 Å². The Balaban J connectivity index is 1.60. The average molecular weight is 333 g/mol. The van der Waals surface area contributed by atoms with Crippen LogP contribution in [0.15, 0.2) is 48.7 Å². The number of piperidine rings is 1. The van der Waals surface area contributed by atoms with Gasteiger partial charge in [0.1, 0.15) is 0 Å². The fourth-order valence-electron chi connectivity index (χ4n) is 3.84. The molecule has 1 aliphatic heterocycles. The van der Waals surface area contributed by atoms with Crippen LogP contribution in [0.2, 0.25) is 0 Å². The second-order valence-corrected chi connectivity index (χ2v) is 7.54. The van der Waals surface area contributed by atoms with E-state index in [1.807, 2.05) is 24.4 Å². The van der Waals surface area contributed by atoms with Crippen LogP contribution in [0.1, 0.15) is 38.7 Å². The summed E-state index contributed by atoms with van der Waals surface area (Å²) in [7, 11) is 0. The van der Waals surface area contributed by atoms with Crippen molar-refractivity contribution < 1.29 is 0 Å². The van der Waals surface area contributed by atoms with Crippen LogP contribution in [0, 0.1) is 22.7 Å². The standard InChI is InChI=1S/C22H27N3/c1-18(2)22(10-13-23)11-15-25(16-12-22)17-19-6-8-20(9-7-19)21-5-3-4-14-24-21/h3-9,14,18H,10-12,15-17H2,1-2H3. The molecule has 3 nitrogen and oxygen atoms in total. The van der Waals surface area contributed by atoms with E-state index in [2.05, 4.69) is 54.1 Å². The van der Waals surface area contributed by atoms with E-state index in [1.165, 1.54) is 5.56 Å². The van der Waals surface area contributed by atoms with Crippen molar-refractivity contribution in [2.45, 2.75) is 39.7 Å². The summed E-state index contributed by atoms with van der Waals surface area (Å²) in [5.74, 6) is 0.576. The van der Waals surface area contributed by atoms with Gasteiger partial charge < -0.3 is 0 Å². The topological polar surface area (TPSA) is 39.9 Å². The van der Waals surface area contributed by atoms with Gasteiger partial charge in [0.15, 0.2) is 0 Å². The molecule has 0 amide bonds. The lowest BCUT2D eigenvalue weighted by atomic mass is 9.68. The van der Waals surface area contributed by atoms with Crippen molar-refractivity contribution in [1.29, 1.82) is 5.26 Å². The van der Waals surface area contributed by atoms with Gasteiger partial charge in [-0.15, -0.1) is 0 Å². The maximum atomic E-state index is 9.18. The number of nitrogens with zero attached hydrogens (tertiary/aromatic N) is 3. The van der Waals surface area contributed by atoms with Gasteiger partial charge in [0.25, 0.3) is 0 Å². The normalized spacial score (nSPS) is 17.4. The molecule has 1 aromatic carbocycles. The molecule has 1 saturated heterocycles. The minimum Gasteiger partial charge on any atom is -0.299 e. The average Bonchev–Trinajstić information content (AvgIpc) is 2.65. The number of rotatable bonds is 5. The van der Waals surface area contributed by atoms with Crippen molar-refractivity contribution in [2.75, 3.05) is 13.1 Å². The zero-order chi connectivity index (χ0) is 17.7. The van der Waals surface area contributed by atoms with Crippen LogP contribution in [0.25, 0.3) is 11.3 Å². The van der Waals surface area contributed by atoms with Crippen molar-refractivity contribution in [3.05, 3.63) is 54.2 Å². The first kappa shape index (κ1) is 17.6. The van der Waals surface area contributed by atoms with Crippen LogP contribution < -0.4 is 0 Å². The quantitative estimate of drug-likeness (QED) is 0.781. The molecule has 2 aromatic rings. The summed E-state index contributed by atoms with van der Waals surface area (Å²) in [5.41, 5.74) is 3.74. The molecule has 130 valence electrons. The summed E-state index contributed by atoms with van der Waals surface area (Å²) in [4.78, 5) is 6.93. The molecule has 0 spiro atoms. The van der Waals surface area contributed by atoms with E-state index < -0.39 is 0 Å². The van der Waals surface area contributed by atoms with E-state index in [0.29, 0.717) is 12.3 Å². The van der Waals surface area contributed by atoms with Crippen LogP contribution >= 0.6 is 0 Å². The summed E-state index contributed by atoms with van der Waals surface area (Å²) in [6, 6.07) is 17.2. The lowest BCUT2D eigenvalue weighted by molar-refractivity contribution is 0.0617. The first-order valence-electron chi connectivity index (χ1n) is 9.23. The molecule has 3 rings (SSSR count). The first-order chi connectivity index (χ1) is 12.1. The van der Waals surface area contributed by atoms with Crippen molar-refractivity contribution in [1.82, 2.24) is 9.88 Å². The molecule has 1 aliphatic rings. The summed E-state index contributed by atoms with van der Waals surface area (Å²) in [6.45, 7) is 7.69. The zero-order valence-corrected chi connectivity index (χ0v) is 15.3. The Kier molecular flexibility index (Phi) is 5.50. The molecule has 1 fully saturated rings. The molecule has 3 heteroatoms. The molecular weight excluding hydrogens is 306 g/mol. The van der Waals surface area contributed by atoms with E-state index in [-0.39, 0.29) is 5.41 Å². The molecule has 0 unspecified atom stereocenters. The number of aromatic nitrogens is 1. The smallest absolute Gasteiger partial charge is 0.0701 e. The fraction of sp³-hybridized carbons (Fsp3) is 0.455. The van der Waals surface area contributed by atoms with Gasteiger partial charge in [-0.25, -0.2) is 0 Å². The maximum Gasteiger partial charge on any atom is 0.0701 e. The minimum absolute atomic E-state index is 0.216. The number of pyridine rings is 1. The van der Waals surface area contributed by atoms with E-state index in [9.17, 15) is 5.26 Å². The largest absolute Gasteiger partial charge is 0.299 e. The lowest BCUT2D eigenvalue weighted by Crippen LogP contribution is -2.42. The molecule has 0 saturated carbocycles. The Morgan fingerprint density at radius 3 is 2.40 bits per heavy atom. The molecule has 2 heterocycles. The van der Waals surface area contributed by atoms with Gasteiger partial charge in [-0.2, -0.15) is 5.26 Å². The number of hydrogen-bond donors (Lipinski definition) is 0. The Morgan fingerprint density at radius 1 is 1.12 bits per heavy atom. The van der Waals surface area contributed by atoms with Crippen LogP contribution in [-0.2, 0) is 6.54 Å². The van der Waals surface area contributed by atoms with Crippen molar-refractivity contribution in [3.8, 4) is 17.3 Å². The lowest BCUT2D eigenvalue weighted by Gasteiger charge is -2.43. The van der Waals surface area contributed by atoms with Gasteiger partial charge in [-0.1, -0.05) is 44.2 Å². The summed E-state index contributed by atoms with van der Waals surface area (Å²) < 4.78 is 0. The predicted molar refractivity (Wildman–Crippen MR) is 102 cm³/mol. The Bertz CT molecular complexity index is 705. The molecule has 0 atom stereocenters. The molecule has 1 aromatic heterocycles. The minimum atomic E-state index is 0.216. The van der Waals surface area contributed by atoms with Gasteiger partial charge in [-0.3, -0.25) is 9.88 Å². The van der Waals surface area contributed by atoms with Gasteiger partial charge >= 0.3 is 0 Å². The van der Waals surface area contributed by atoms with Crippen LogP contribution in [0.4, 0.5) is 0 Å². The zero-order valence-electron chi connectivity index (χ0n) is 15.3. The molecule has 0 N–H and O–H groups in total. The highest BCUT2D eigenvalue weighted by molar-refractivity contribution is 5.58. The second kappa shape index (κ2) is 7.80. The molecule has 25 heavy (non-hydrogen) atoms. The molecule has 0 bridgehead atoms. The molecule has 0 radical (unpaired) electrons. The Hall–Kier alpha value is -2.18. The maximum absolute atomic E-state index is 9.18. The van der Waals surface area contributed by atoms with E-state index in [1.54, 1.807) is 0 Å². The highest BCUT2D eigenvalue weighted by atomic mass is 15.1. The van der Waals surface area contributed by atoms with Crippen molar-refractivity contribution in [3.63, 3.8) is 0 Å². The highest BCUT2D eigenvalue weighted by Crippen LogP contribution is 2.41. The Morgan fingerprint density at radius 2 is 1.84 bits per heavy atom. The summed E-state index contributed by atoms with van der Waals surface area (Å²) in [5, 5.41) is 9.18. The fourth-order valence-corrected chi connectivity index (χ4v) is 3.84. The second-order valence-electron chi connectivity index (χ2n) is 7.54. The monoisotopic (exact) mass is 333 g/mol. The SMILES string of the molecule is CC(C)C1(CC#N)CCN(Cc2ccc(-c3ccccn3)cc2)CC1. The van der Waals surface area contributed by atoms with Gasteiger partial charge in [-0.05, 0) is 55.0 Å². The summed E-state index contributed by atoms with van der Waals surface area (Å²) >= 11 is 0.